The summed E-state index contributed by atoms with van der Waals surface area (Å²) in [7, 11) is 3.08. The molecular formula is C32H44N4O9. The van der Waals surface area contributed by atoms with Gasteiger partial charge < -0.3 is 36.1 Å². The first-order valence-electron chi connectivity index (χ1n) is 15.1. The number of phenolic OH excluding ortho intramolecular Hbond substituents is 1. The van der Waals surface area contributed by atoms with E-state index >= 15 is 0 Å². The summed E-state index contributed by atoms with van der Waals surface area (Å²) >= 11 is 0. The SMILES string of the molecule is CN(C)[C@@H]1C(=O)C(C(=O)NCNC2CC(C)(C)N(O)C(C)(C)C2)=C(O)[C@@]2(O)C(=O)C3=C(O)c4c(O)cccc4[C@@](C)(O)[C@@H]3C[C@H]12. The molecule has 1 aromatic rings. The molecule has 1 amide bonds. The van der Waals surface area contributed by atoms with Crippen LogP contribution < -0.4 is 10.6 Å². The fraction of sp³-hybridized carbons (Fsp3) is 0.594. The van der Waals surface area contributed by atoms with Gasteiger partial charge in [0.05, 0.1) is 23.9 Å². The van der Waals surface area contributed by atoms with Crippen molar-refractivity contribution in [3.05, 3.63) is 46.2 Å². The van der Waals surface area contributed by atoms with Gasteiger partial charge in [-0.1, -0.05) is 12.1 Å². The Balaban J connectivity index is 1.50. The number of hydroxylamine groups is 2. The van der Waals surface area contributed by atoms with E-state index in [0.29, 0.717) is 12.8 Å². The highest BCUT2D eigenvalue weighted by molar-refractivity contribution is 6.25. The Labute approximate surface area is 261 Å². The zero-order valence-corrected chi connectivity index (χ0v) is 26.7. The highest BCUT2D eigenvalue weighted by atomic mass is 16.5. The number of aromatic hydroxyl groups is 1. The van der Waals surface area contributed by atoms with Crippen molar-refractivity contribution in [1.82, 2.24) is 20.6 Å². The lowest BCUT2D eigenvalue weighted by Gasteiger charge is -2.53. The van der Waals surface area contributed by atoms with Crippen molar-refractivity contribution in [1.29, 1.82) is 0 Å². The third-order valence-corrected chi connectivity index (χ3v) is 10.3. The Kier molecular flexibility index (Phi) is 7.79. The number of ketones is 2. The zero-order valence-electron chi connectivity index (χ0n) is 26.7. The Morgan fingerprint density at radius 2 is 1.62 bits per heavy atom. The van der Waals surface area contributed by atoms with Crippen molar-refractivity contribution >= 4 is 23.2 Å². The lowest BCUT2D eigenvalue weighted by molar-refractivity contribution is -0.246. The zero-order chi connectivity index (χ0) is 33.6. The molecule has 2 fully saturated rings. The summed E-state index contributed by atoms with van der Waals surface area (Å²) in [5.41, 5.74) is -6.90. The van der Waals surface area contributed by atoms with Crippen molar-refractivity contribution in [2.45, 2.75) is 88.2 Å². The molecule has 3 aliphatic carbocycles. The van der Waals surface area contributed by atoms with E-state index in [0.717, 1.165) is 0 Å². The monoisotopic (exact) mass is 628 g/mol. The van der Waals surface area contributed by atoms with Gasteiger partial charge in [0.1, 0.15) is 22.8 Å². The fourth-order valence-electron chi connectivity index (χ4n) is 8.26. The molecule has 4 aliphatic rings. The molecule has 1 saturated heterocycles. The van der Waals surface area contributed by atoms with E-state index in [9.17, 15) is 45.1 Å². The summed E-state index contributed by atoms with van der Waals surface area (Å²) in [5, 5.41) is 74.7. The van der Waals surface area contributed by atoms with Crippen molar-refractivity contribution in [2.24, 2.45) is 11.8 Å². The number of carbonyl (C=O) groups is 3. The number of piperidine rings is 1. The molecule has 5 atom stereocenters. The molecule has 1 heterocycles. The highest BCUT2D eigenvalue weighted by Crippen LogP contribution is 2.57. The van der Waals surface area contributed by atoms with Crippen LogP contribution in [0.1, 0.15) is 65.0 Å². The smallest absolute Gasteiger partial charge is 0.259 e. The number of carbonyl (C=O) groups excluding carboxylic acids is 3. The molecule has 1 saturated carbocycles. The maximum Gasteiger partial charge on any atom is 0.259 e. The Morgan fingerprint density at radius 1 is 1.02 bits per heavy atom. The molecule has 0 bridgehead atoms. The number of likely N-dealkylation sites (N-methyl/N-ethyl adjacent to an activating group) is 1. The number of hydrogen-bond acceptors (Lipinski definition) is 12. The number of fused-ring (bicyclic) bond motifs is 3. The lowest BCUT2D eigenvalue weighted by atomic mass is 9.54. The quantitative estimate of drug-likeness (QED) is 0.171. The number of amides is 1. The van der Waals surface area contributed by atoms with Gasteiger partial charge >= 0.3 is 0 Å². The summed E-state index contributed by atoms with van der Waals surface area (Å²) in [6, 6.07) is 2.91. The molecule has 0 radical (unpaired) electrons. The normalized spacial score (nSPS) is 33.2. The predicted octanol–water partition coefficient (Wildman–Crippen LogP) is 1.22. The summed E-state index contributed by atoms with van der Waals surface area (Å²) in [6.07, 6.45) is 0.890. The Hall–Kier alpha value is -3.33. The van der Waals surface area contributed by atoms with Crippen LogP contribution in [-0.4, -0.2) is 108 Å². The van der Waals surface area contributed by atoms with E-state index in [1.165, 1.54) is 35.1 Å². The van der Waals surface area contributed by atoms with E-state index in [-0.39, 0.29) is 30.3 Å². The first kappa shape index (κ1) is 33.0. The van der Waals surface area contributed by atoms with Crippen LogP contribution in [0.5, 0.6) is 5.75 Å². The standard InChI is InChI=1S/C32H44N4O9/c1-29(2)12-15(13-30(3,4)36(29)45)33-14-34-28(42)22-25(39)23(35(6)7)18-11-17-21(26(40)32(18,44)27(22)41)24(38)20-16(31(17,5)43)9-8-10-19(20)37/h8-10,15,17-18,23,33,37-38,41,43-45H,11-14H2,1-7H3,(H,34,42)/t17-,18-,23+,31-,32+/m1/s1. The van der Waals surface area contributed by atoms with Gasteiger partial charge in [0, 0.05) is 34.5 Å². The third kappa shape index (κ3) is 4.79. The van der Waals surface area contributed by atoms with Crippen LogP contribution in [0.15, 0.2) is 35.1 Å². The molecule has 45 heavy (non-hydrogen) atoms. The second kappa shape index (κ2) is 10.6. The number of benzene rings is 1. The van der Waals surface area contributed by atoms with Crippen molar-refractivity contribution in [3.8, 4) is 5.75 Å². The maximum absolute atomic E-state index is 14.2. The molecule has 5 rings (SSSR count). The number of aliphatic hydroxyl groups is 4. The summed E-state index contributed by atoms with van der Waals surface area (Å²) in [5.74, 6) is -7.56. The second-order valence-corrected chi connectivity index (χ2v) is 14.5. The Bertz CT molecular complexity index is 1510. The molecule has 1 aromatic carbocycles. The molecule has 8 N–H and O–H groups in total. The fourth-order valence-corrected chi connectivity index (χ4v) is 8.26. The van der Waals surface area contributed by atoms with Gasteiger partial charge in [0.15, 0.2) is 11.4 Å². The highest BCUT2D eigenvalue weighted by Gasteiger charge is 2.66. The average molecular weight is 629 g/mol. The van der Waals surface area contributed by atoms with Gasteiger partial charge in [0.25, 0.3) is 5.91 Å². The number of Topliss-reactive ketones (excluding diaryl/α,β-unsaturated/α-hetero) is 2. The number of nitrogens with zero attached hydrogens (tertiary/aromatic N) is 2. The molecule has 0 aromatic heterocycles. The third-order valence-electron chi connectivity index (χ3n) is 10.3. The molecule has 0 unspecified atom stereocenters. The van der Waals surface area contributed by atoms with E-state index in [4.69, 9.17) is 0 Å². The van der Waals surface area contributed by atoms with Crippen LogP contribution in [0.4, 0.5) is 0 Å². The lowest BCUT2D eigenvalue weighted by Crippen LogP contribution is -2.67. The van der Waals surface area contributed by atoms with Gasteiger partial charge in [-0.3, -0.25) is 24.6 Å². The van der Waals surface area contributed by atoms with E-state index in [2.05, 4.69) is 10.6 Å². The predicted molar refractivity (Wildman–Crippen MR) is 162 cm³/mol. The van der Waals surface area contributed by atoms with Gasteiger partial charge in [-0.15, -0.1) is 0 Å². The number of rotatable bonds is 5. The number of phenols is 1. The second-order valence-electron chi connectivity index (χ2n) is 14.5. The average Bonchev–Trinajstić information content (AvgIpc) is 2.92. The summed E-state index contributed by atoms with van der Waals surface area (Å²) in [6.45, 7) is 8.90. The van der Waals surface area contributed by atoms with Gasteiger partial charge in [-0.05, 0) is 79.6 Å². The van der Waals surface area contributed by atoms with E-state index in [1.807, 2.05) is 27.7 Å². The summed E-state index contributed by atoms with van der Waals surface area (Å²) in [4.78, 5) is 43.0. The first-order valence-corrected chi connectivity index (χ1v) is 15.1. The molecule has 246 valence electrons. The maximum atomic E-state index is 14.2. The molecular weight excluding hydrogens is 584 g/mol. The van der Waals surface area contributed by atoms with Gasteiger partial charge in [-0.2, -0.15) is 5.06 Å². The molecule has 1 aliphatic heterocycles. The minimum absolute atomic E-state index is 0.111. The number of aliphatic hydroxyl groups excluding tert-OH is 2. The van der Waals surface area contributed by atoms with Crippen molar-refractivity contribution in [3.63, 3.8) is 0 Å². The van der Waals surface area contributed by atoms with Crippen LogP contribution in [0, 0.1) is 11.8 Å². The van der Waals surface area contributed by atoms with Crippen LogP contribution in [0.2, 0.25) is 0 Å². The van der Waals surface area contributed by atoms with Gasteiger partial charge in [0.2, 0.25) is 5.78 Å². The first-order chi connectivity index (χ1) is 20.7. The van der Waals surface area contributed by atoms with Gasteiger partial charge in [-0.25, -0.2) is 0 Å². The van der Waals surface area contributed by atoms with Crippen LogP contribution >= 0.6 is 0 Å². The van der Waals surface area contributed by atoms with Crippen LogP contribution in [-0.2, 0) is 20.0 Å². The van der Waals surface area contributed by atoms with E-state index in [1.54, 1.807) is 14.1 Å². The number of hydrogen-bond donors (Lipinski definition) is 8. The molecule has 0 spiro atoms. The molecule has 13 heteroatoms. The van der Waals surface area contributed by atoms with Crippen molar-refractivity contribution in [2.75, 3.05) is 20.8 Å². The summed E-state index contributed by atoms with van der Waals surface area (Å²) < 4.78 is 0. The topological polar surface area (TPSA) is 203 Å². The van der Waals surface area contributed by atoms with Crippen molar-refractivity contribution < 1.29 is 45.1 Å². The van der Waals surface area contributed by atoms with Crippen LogP contribution in [0.3, 0.4) is 0 Å². The minimum Gasteiger partial charge on any atom is -0.508 e. The largest absolute Gasteiger partial charge is 0.508 e. The Morgan fingerprint density at radius 3 is 2.20 bits per heavy atom. The van der Waals surface area contributed by atoms with E-state index < -0.39 is 86.0 Å². The number of nitrogens with one attached hydrogen (secondary N) is 2. The minimum atomic E-state index is -2.79. The van der Waals surface area contributed by atoms with Crippen LogP contribution in [0.25, 0.3) is 5.76 Å². The molecule has 13 nitrogen and oxygen atoms in total.